The molecule has 122 valence electrons. The minimum Gasteiger partial charge on any atom is -0.466 e. The molecule has 0 saturated carbocycles. The van der Waals surface area contributed by atoms with E-state index < -0.39 is 0 Å². The first kappa shape index (κ1) is 16.8. The highest BCUT2D eigenvalue weighted by Gasteiger charge is 2.44. The van der Waals surface area contributed by atoms with E-state index in [-0.39, 0.29) is 17.6 Å². The van der Waals surface area contributed by atoms with Gasteiger partial charge in [0.05, 0.1) is 19.1 Å². The Bertz CT molecular complexity index is 339. The fourth-order valence-electron chi connectivity index (χ4n) is 3.77. The Morgan fingerprint density at radius 3 is 2.67 bits per heavy atom. The monoisotopic (exact) mass is 297 g/mol. The van der Waals surface area contributed by atoms with Crippen LogP contribution < -0.4 is 0 Å². The van der Waals surface area contributed by atoms with Gasteiger partial charge in [0.15, 0.2) is 0 Å². The molecule has 2 atom stereocenters. The molecule has 2 heterocycles. The topological polar surface area (TPSA) is 38.8 Å². The van der Waals surface area contributed by atoms with Gasteiger partial charge >= 0.3 is 5.97 Å². The van der Waals surface area contributed by atoms with Crippen LogP contribution in [-0.2, 0) is 14.3 Å². The van der Waals surface area contributed by atoms with Crippen molar-refractivity contribution in [2.24, 2.45) is 5.92 Å². The minimum absolute atomic E-state index is 0.0418. The van der Waals surface area contributed by atoms with Crippen molar-refractivity contribution in [1.82, 2.24) is 4.90 Å². The molecule has 2 saturated heterocycles. The highest BCUT2D eigenvalue weighted by atomic mass is 16.5. The number of likely N-dealkylation sites (tertiary alicyclic amines) is 1. The number of nitrogens with zero attached hydrogens (tertiary/aromatic N) is 1. The van der Waals surface area contributed by atoms with Crippen LogP contribution in [0.1, 0.15) is 59.3 Å². The first-order valence-corrected chi connectivity index (χ1v) is 8.59. The number of hydrogen-bond donors (Lipinski definition) is 0. The van der Waals surface area contributed by atoms with E-state index in [1.54, 1.807) is 0 Å². The second kappa shape index (κ2) is 7.59. The summed E-state index contributed by atoms with van der Waals surface area (Å²) in [7, 11) is 0. The van der Waals surface area contributed by atoms with Crippen molar-refractivity contribution in [3.63, 3.8) is 0 Å². The molecule has 2 unspecified atom stereocenters. The third kappa shape index (κ3) is 4.19. The van der Waals surface area contributed by atoms with Gasteiger partial charge in [-0.1, -0.05) is 20.3 Å². The molecule has 0 aromatic rings. The molecule has 2 fully saturated rings. The van der Waals surface area contributed by atoms with E-state index in [0.717, 1.165) is 32.5 Å². The van der Waals surface area contributed by atoms with Crippen molar-refractivity contribution < 1.29 is 14.3 Å². The molecule has 0 bridgehead atoms. The van der Waals surface area contributed by atoms with Crippen LogP contribution in [0, 0.1) is 5.92 Å². The molecule has 2 rings (SSSR count). The summed E-state index contributed by atoms with van der Waals surface area (Å²) in [5.41, 5.74) is -0.0418. The van der Waals surface area contributed by atoms with E-state index in [1.807, 2.05) is 6.92 Å². The van der Waals surface area contributed by atoms with Crippen LogP contribution in [0.25, 0.3) is 0 Å². The average molecular weight is 297 g/mol. The lowest BCUT2D eigenvalue weighted by atomic mass is 9.78. The maximum atomic E-state index is 12.1. The summed E-state index contributed by atoms with van der Waals surface area (Å²) in [4.78, 5) is 14.7. The Kier molecular flexibility index (Phi) is 6.06. The predicted molar refractivity (Wildman–Crippen MR) is 83.2 cm³/mol. The molecular formula is C17H31NO3. The Morgan fingerprint density at radius 1 is 1.33 bits per heavy atom. The van der Waals surface area contributed by atoms with Crippen molar-refractivity contribution in [2.75, 3.05) is 26.3 Å². The molecular weight excluding hydrogens is 266 g/mol. The van der Waals surface area contributed by atoms with Gasteiger partial charge in [-0.15, -0.1) is 0 Å². The zero-order valence-electron chi connectivity index (χ0n) is 13.9. The summed E-state index contributed by atoms with van der Waals surface area (Å²) >= 11 is 0. The highest BCUT2D eigenvalue weighted by Crippen LogP contribution is 2.38. The first-order chi connectivity index (χ1) is 10.1. The lowest BCUT2D eigenvalue weighted by Crippen LogP contribution is -2.57. The van der Waals surface area contributed by atoms with Gasteiger partial charge in [-0.25, -0.2) is 0 Å². The van der Waals surface area contributed by atoms with Gasteiger partial charge < -0.3 is 9.47 Å². The molecule has 0 aromatic carbocycles. The van der Waals surface area contributed by atoms with Gasteiger partial charge in [0.1, 0.15) is 0 Å². The van der Waals surface area contributed by atoms with Gasteiger partial charge in [-0.05, 0) is 51.6 Å². The van der Waals surface area contributed by atoms with E-state index in [9.17, 15) is 4.79 Å². The number of ether oxygens (including phenoxy) is 2. The standard InChI is InChI=1S/C17H31NO3/c1-4-20-16(19)13-17(18-9-6-5-7-10-18)8-11-21-15(12-17)14(2)3/h14-15H,4-13H2,1-3H3. The van der Waals surface area contributed by atoms with Crippen molar-refractivity contribution in [3.05, 3.63) is 0 Å². The predicted octanol–water partition coefficient (Wildman–Crippen LogP) is 3.00. The third-order valence-corrected chi connectivity index (χ3v) is 5.03. The van der Waals surface area contributed by atoms with E-state index >= 15 is 0 Å². The molecule has 2 aliphatic rings. The summed E-state index contributed by atoms with van der Waals surface area (Å²) in [6, 6.07) is 0. The highest BCUT2D eigenvalue weighted by molar-refractivity contribution is 5.71. The number of carbonyl (C=O) groups excluding carboxylic acids is 1. The minimum atomic E-state index is -0.0486. The number of rotatable bonds is 5. The molecule has 0 N–H and O–H groups in total. The molecule has 0 aliphatic carbocycles. The largest absolute Gasteiger partial charge is 0.466 e. The Morgan fingerprint density at radius 2 is 2.05 bits per heavy atom. The van der Waals surface area contributed by atoms with Gasteiger partial charge in [0.25, 0.3) is 0 Å². The van der Waals surface area contributed by atoms with Crippen molar-refractivity contribution in [3.8, 4) is 0 Å². The maximum absolute atomic E-state index is 12.1. The number of hydrogen-bond acceptors (Lipinski definition) is 4. The van der Waals surface area contributed by atoms with Gasteiger partial charge in [0.2, 0.25) is 0 Å². The van der Waals surface area contributed by atoms with Crippen molar-refractivity contribution >= 4 is 5.97 Å². The maximum Gasteiger partial charge on any atom is 0.307 e. The lowest BCUT2D eigenvalue weighted by Gasteiger charge is -2.50. The lowest BCUT2D eigenvalue weighted by molar-refractivity contribution is -0.153. The molecule has 0 spiro atoms. The first-order valence-electron chi connectivity index (χ1n) is 8.59. The summed E-state index contributed by atoms with van der Waals surface area (Å²) in [5.74, 6) is 0.448. The SMILES string of the molecule is CCOC(=O)CC1(N2CCCCC2)CCOC(C(C)C)C1. The van der Waals surface area contributed by atoms with Crippen LogP contribution in [0.2, 0.25) is 0 Å². The number of piperidine rings is 1. The molecule has 0 aromatic heterocycles. The summed E-state index contributed by atoms with van der Waals surface area (Å²) in [6.45, 7) is 9.77. The van der Waals surface area contributed by atoms with Gasteiger partial charge in [-0.3, -0.25) is 9.69 Å². The zero-order valence-corrected chi connectivity index (χ0v) is 13.9. The van der Waals surface area contributed by atoms with Crippen LogP contribution in [0.15, 0.2) is 0 Å². The second-order valence-electron chi connectivity index (χ2n) is 6.86. The van der Waals surface area contributed by atoms with E-state index in [2.05, 4.69) is 18.7 Å². The zero-order chi connectivity index (χ0) is 15.3. The molecule has 4 nitrogen and oxygen atoms in total. The van der Waals surface area contributed by atoms with E-state index in [1.165, 1.54) is 19.3 Å². The molecule has 0 amide bonds. The van der Waals surface area contributed by atoms with Gasteiger partial charge in [0, 0.05) is 12.1 Å². The van der Waals surface area contributed by atoms with Crippen LogP contribution in [0.5, 0.6) is 0 Å². The Labute approximate surface area is 129 Å². The van der Waals surface area contributed by atoms with Crippen LogP contribution in [0.4, 0.5) is 0 Å². The van der Waals surface area contributed by atoms with E-state index in [0.29, 0.717) is 18.9 Å². The van der Waals surface area contributed by atoms with E-state index in [4.69, 9.17) is 9.47 Å². The van der Waals surface area contributed by atoms with Crippen LogP contribution >= 0.6 is 0 Å². The Balaban J connectivity index is 2.13. The molecule has 21 heavy (non-hydrogen) atoms. The number of esters is 1. The summed E-state index contributed by atoms with van der Waals surface area (Å²) in [5, 5.41) is 0. The quantitative estimate of drug-likeness (QED) is 0.731. The van der Waals surface area contributed by atoms with Crippen molar-refractivity contribution in [1.29, 1.82) is 0 Å². The van der Waals surface area contributed by atoms with Crippen LogP contribution in [-0.4, -0.2) is 48.8 Å². The number of carbonyl (C=O) groups is 1. The Hall–Kier alpha value is -0.610. The second-order valence-corrected chi connectivity index (χ2v) is 6.86. The fourth-order valence-corrected chi connectivity index (χ4v) is 3.77. The molecule has 4 heteroatoms. The average Bonchev–Trinajstić information content (AvgIpc) is 2.48. The van der Waals surface area contributed by atoms with Crippen LogP contribution in [0.3, 0.4) is 0 Å². The smallest absolute Gasteiger partial charge is 0.307 e. The summed E-state index contributed by atoms with van der Waals surface area (Å²) < 4.78 is 11.2. The molecule has 2 aliphatic heterocycles. The van der Waals surface area contributed by atoms with Gasteiger partial charge in [-0.2, -0.15) is 0 Å². The molecule has 0 radical (unpaired) electrons. The summed E-state index contributed by atoms with van der Waals surface area (Å²) in [6.07, 6.45) is 6.51. The fraction of sp³-hybridized carbons (Fsp3) is 0.941. The third-order valence-electron chi connectivity index (χ3n) is 5.03. The normalized spacial score (nSPS) is 31.3. The van der Waals surface area contributed by atoms with Crippen molar-refractivity contribution in [2.45, 2.75) is 70.9 Å².